The van der Waals surface area contributed by atoms with Crippen LogP contribution in [-0.2, 0) is 20.7 Å². The highest BCUT2D eigenvalue weighted by atomic mass is 19.1. The molecule has 7 heteroatoms. The number of carbonyl (C=O) groups is 2. The summed E-state index contributed by atoms with van der Waals surface area (Å²) in [7, 11) is 2.83. The van der Waals surface area contributed by atoms with Crippen molar-refractivity contribution < 1.29 is 28.2 Å². The van der Waals surface area contributed by atoms with Gasteiger partial charge in [-0.1, -0.05) is 24.3 Å². The van der Waals surface area contributed by atoms with Gasteiger partial charge >= 0.3 is 5.97 Å². The first-order valence-electron chi connectivity index (χ1n) is 8.93. The number of halogens is 1. The van der Waals surface area contributed by atoms with Crippen molar-refractivity contribution in [2.45, 2.75) is 25.0 Å². The van der Waals surface area contributed by atoms with Crippen molar-refractivity contribution in [2.75, 3.05) is 20.8 Å². The van der Waals surface area contributed by atoms with E-state index in [1.165, 1.54) is 24.1 Å². The topological polar surface area (TPSA) is 65.1 Å². The van der Waals surface area contributed by atoms with Gasteiger partial charge in [0.05, 0.1) is 27.2 Å². The Kier molecular flexibility index (Phi) is 6.13. The maximum absolute atomic E-state index is 13.9. The zero-order valence-electron chi connectivity index (χ0n) is 15.8. The van der Waals surface area contributed by atoms with Gasteiger partial charge in [0.1, 0.15) is 17.9 Å². The van der Waals surface area contributed by atoms with Crippen LogP contribution in [0.4, 0.5) is 4.39 Å². The first-order valence-corrected chi connectivity index (χ1v) is 8.93. The van der Waals surface area contributed by atoms with E-state index in [4.69, 9.17) is 14.2 Å². The van der Waals surface area contributed by atoms with Crippen molar-refractivity contribution >= 4 is 11.9 Å². The van der Waals surface area contributed by atoms with Crippen molar-refractivity contribution in [3.63, 3.8) is 0 Å². The lowest BCUT2D eigenvalue weighted by atomic mass is 10.1. The minimum absolute atomic E-state index is 0.0956. The predicted molar refractivity (Wildman–Crippen MR) is 99.6 cm³/mol. The Morgan fingerprint density at radius 2 is 1.93 bits per heavy atom. The van der Waals surface area contributed by atoms with E-state index in [9.17, 15) is 14.0 Å². The minimum atomic E-state index is -0.764. The molecule has 2 atom stereocenters. The van der Waals surface area contributed by atoms with Gasteiger partial charge in [-0.15, -0.1) is 0 Å². The van der Waals surface area contributed by atoms with Gasteiger partial charge in [-0.05, 0) is 29.8 Å². The molecule has 0 N–H and O–H groups in total. The Morgan fingerprint density at radius 3 is 2.64 bits per heavy atom. The Hall–Kier alpha value is -3.09. The van der Waals surface area contributed by atoms with Crippen molar-refractivity contribution in [3.05, 3.63) is 59.9 Å². The van der Waals surface area contributed by atoms with Gasteiger partial charge in [0.15, 0.2) is 11.6 Å². The Bertz CT molecular complexity index is 856. The molecule has 1 saturated heterocycles. The molecular weight excluding hydrogens is 365 g/mol. The van der Waals surface area contributed by atoms with E-state index in [2.05, 4.69) is 0 Å². The molecule has 6 nitrogen and oxygen atoms in total. The molecule has 1 aliphatic rings. The number of likely N-dealkylation sites (tertiary alicyclic amines) is 1. The Balaban J connectivity index is 1.74. The van der Waals surface area contributed by atoms with E-state index in [0.717, 1.165) is 5.56 Å². The largest absolute Gasteiger partial charge is 0.497 e. The third-order valence-electron chi connectivity index (χ3n) is 4.68. The second kappa shape index (κ2) is 8.73. The third-order valence-corrected chi connectivity index (χ3v) is 4.68. The Labute approximate surface area is 162 Å². The summed E-state index contributed by atoms with van der Waals surface area (Å²) in [6.07, 6.45) is -0.155. The lowest BCUT2D eigenvalue weighted by Gasteiger charge is -2.22. The van der Waals surface area contributed by atoms with Crippen LogP contribution in [0.5, 0.6) is 11.5 Å². The maximum Gasteiger partial charge on any atom is 0.328 e. The number of rotatable bonds is 6. The van der Waals surface area contributed by atoms with Gasteiger partial charge in [-0.2, -0.15) is 0 Å². The molecule has 1 fully saturated rings. The van der Waals surface area contributed by atoms with Gasteiger partial charge in [0, 0.05) is 6.42 Å². The first kappa shape index (κ1) is 19.7. The van der Waals surface area contributed by atoms with Crippen LogP contribution in [0, 0.1) is 5.82 Å². The highest BCUT2D eigenvalue weighted by molar-refractivity contribution is 5.86. The maximum atomic E-state index is 13.9. The number of para-hydroxylation sites is 1. The number of ether oxygens (including phenoxy) is 3. The molecule has 2 aromatic carbocycles. The first-order chi connectivity index (χ1) is 13.5. The van der Waals surface area contributed by atoms with E-state index < -0.39 is 23.9 Å². The zero-order chi connectivity index (χ0) is 20.1. The van der Waals surface area contributed by atoms with E-state index in [-0.39, 0.29) is 31.0 Å². The molecule has 0 aromatic heterocycles. The number of esters is 1. The van der Waals surface area contributed by atoms with Crippen molar-refractivity contribution in [1.29, 1.82) is 0 Å². The van der Waals surface area contributed by atoms with E-state index in [0.29, 0.717) is 5.75 Å². The molecule has 2 aromatic rings. The highest BCUT2D eigenvalue weighted by Crippen LogP contribution is 2.26. The minimum Gasteiger partial charge on any atom is -0.497 e. The third kappa shape index (κ3) is 4.42. The fourth-order valence-corrected chi connectivity index (χ4v) is 3.30. The predicted octanol–water partition coefficient (Wildman–Crippen LogP) is 2.60. The van der Waals surface area contributed by atoms with Crippen molar-refractivity contribution in [2.24, 2.45) is 0 Å². The van der Waals surface area contributed by atoms with Crippen molar-refractivity contribution in [1.82, 2.24) is 4.90 Å². The van der Waals surface area contributed by atoms with E-state index in [1.54, 1.807) is 37.4 Å². The lowest BCUT2D eigenvalue weighted by molar-refractivity contribution is -0.150. The van der Waals surface area contributed by atoms with Gasteiger partial charge in [-0.3, -0.25) is 4.79 Å². The van der Waals surface area contributed by atoms with Crippen LogP contribution in [0.2, 0.25) is 0 Å². The monoisotopic (exact) mass is 387 g/mol. The highest BCUT2D eigenvalue weighted by Gasteiger charge is 2.41. The molecule has 28 heavy (non-hydrogen) atoms. The molecule has 1 heterocycles. The summed E-state index contributed by atoms with van der Waals surface area (Å²) in [5, 5.41) is 0. The molecule has 1 aliphatic heterocycles. The SMILES string of the molecule is COC(=O)[C@@H]1C[C@@H](Oc2ccccc2F)CN1C(=O)Cc1cccc(OC)c1. The number of hydrogen-bond acceptors (Lipinski definition) is 5. The second-order valence-corrected chi connectivity index (χ2v) is 6.52. The van der Waals surface area contributed by atoms with E-state index >= 15 is 0 Å². The number of methoxy groups -OCH3 is 2. The van der Waals surface area contributed by atoms with Crippen LogP contribution in [-0.4, -0.2) is 49.7 Å². The summed E-state index contributed by atoms with van der Waals surface area (Å²) in [5.41, 5.74) is 0.770. The van der Waals surface area contributed by atoms with Crippen LogP contribution in [0.3, 0.4) is 0 Å². The van der Waals surface area contributed by atoms with Crippen molar-refractivity contribution in [3.8, 4) is 11.5 Å². The van der Waals surface area contributed by atoms with Gasteiger partial charge < -0.3 is 19.1 Å². The van der Waals surface area contributed by atoms with Gasteiger partial charge in [0.2, 0.25) is 5.91 Å². The van der Waals surface area contributed by atoms with Gasteiger partial charge in [-0.25, -0.2) is 9.18 Å². The summed E-state index contributed by atoms with van der Waals surface area (Å²) < 4.78 is 29.6. The molecule has 0 unspecified atom stereocenters. The summed E-state index contributed by atoms with van der Waals surface area (Å²) in [4.78, 5) is 26.5. The molecule has 148 valence electrons. The number of hydrogen-bond donors (Lipinski definition) is 0. The number of amides is 1. The summed E-state index contributed by atoms with van der Waals surface area (Å²) in [6, 6.07) is 12.5. The van der Waals surface area contributed by atoms with E-state index in [1.807, 2.05) is 6.07 Å². The standard InChI is InChI=1S/C21H22FNO5/c1-26-15-7-5-6-14(10-15)11-20(24)23-13-16(12-18(23)21(25)27-2)28-19-9-4-3-8-17(19)22/h3-10,16,18H,11-13H2,1-2H3/t16-,18+/m1/s1. The summed E-state index contributed by atoms with van der Waals surface area (Å²) >= 11 is 0. The average molecular weight is 387 g/mol. The fraction of sp³-hybridized carbons (Fsp3) is 0.333. The van der Waals surface area contributed by atoms with Crippen LogP contribution in [0.15, 0.2) is 48.5 Å². The number of carbonyl (C=O) groups excluding carboxylic acids is 2. The van der Waals surface area contributed by atoms with Gasteiger partial charge in [0.25, 0.3) is 0 Å². The number of benzene rings is 2. The molecular formula is C21H22FNO5. The summed E-state index contributed by atoms with van der Waals surface area (Å²) in [5.74, 6) is -0.490. The van der Waals surface area contributed by atoms with Crippen LogP contribution in [0.1, 0.15) is 12.0 Å². The molecule has 0 aliphatic carbocycles. The summed E-state index contributed by atoms with van der Waals surface area (Å²) in [6.45, 7) is 0.177. The molecule has 0 saturated carbocycles. The second-order valence-electron chi connectivity index (χ2n) is 6.52. The Morgan fingerprint density at radius 1 is 1.14 bits per heavy atom. The van der Waals surface area contributed by atoms with Crippen LogP contribution in [0.25, 0.3) is 0 Å². The fourth-order valence-electron chi connectivity index (χ4n) is 3.30. The molecule has 0 bridgehead atoms. The van der Waals surface area contributed by atoms with Crippen LogP contribution < -0.4 is 9.47 Å². The van der Waals surface area contributed by atoms with Crippen LogP contribution >= 0.6 is 0 Å². The smallest absolute Gasteiger partial charge is 0.328 e. The quantitative estimate of drug-likeness (QED) is 0.713. The molecule has 0 radical (unpaired) electrons. The zero-order valence-corrected chi connectivity index (χ0v) is 15.8. The number of nitrogens with zero attached hydrogens (tertiary/aromatic N) is 1. The molecule has 3 rings (SSSR count). The normalized spacial score (nSPS) is 18.6. The molecule has 0 spiro atoms. The average Bonchev–Trinajstić information content (AvgIpc) is 3.13. The lowest BCUT2D eigenvalue weighted by Crippen LogP contribution is -2.42. The molecule has 1 amide bonds.